The van der Waals surface area contributed by atoms with Crippen molar-refractivity contribution in [3.05, 3.63) is 0 Å². The first-order valence-electron chi connectivity index (χ1n) is 4.80. The van der Waals surface area contributed by atoms with E-state index in [1.54, 1.807) is 0 Å². The first kappa shape index (κ1) is 22.8. The molecular weight excluding hydrogens is 274 g/mol. The van der Waals surface area contributed by atoms with E-state index < -0.39 is 29.9 Å². The maximum atomic E-state index is 9.99. The van der Waals surface area contributed by atoms with Crippen molar-refractivity contribution in [2.75, 3.05) is 0 Å². The number of carbonyl (C=O) groups is 4. The van der Waals surface area contributed by atoms with E-state index in [-0.39, 0.29) is 51.6 Å². The van der Waals surface area contributed by atoms with Crippen molar-refractivity contribution in [3.8, 4) is 0 Å². The zero-order valence-corrected chi connectivity index (χ0v) is 11.5. The van der Waals surface area contributed by atoms with Crippen LogP contribution in [0.25, 0.3) is 0 Å². The molecule has 0 amide bonds. The molecule has 0 aliphatic heterocycles. The number of carboxylic acids is 4. The fourth-order valence-corrected chi connectivity index (χ4v) is 0.616. The minimum atomic E-state index is -1.17. The van der Waals surface area contributed by atoms with Crippen molar-refractivity contribution in [1.82, 2.24) is 0 Å². The third-order valence-electron chi connectivity index (χ3n) is 1.54. The summed E-state index contributed by atoms with van der Waals surface area (Å²) >= 11 is 0. The fourth-order valence-electron chi connectivity index (χ4n) is 0.616. The Labute approximate surface area is 127 Å². The Kier molecular flexibility index (Phi) is 15.6. The standard InChI is InChI=1S/C5H9NO4.C4H6O4.Mg.2H/c6-3(5(9)10)1-2-4(7)8;5-3(6)1-2-4(7)8;;;/h3H,1-2,6H2,(H,7,8)(H,9,10);1-2H2,(H,5,6)(H,7,8);;;/q;;+2;2*-1/t3-;;;;/m0..../s1. The maximum Gasteiger partial charge on any atom is 2.00 e. The summed E-state index contributed by atoms with van der Waals surface area (Å²) in [5.41, 5.74) is 5.00. The quantitative estimate of drug-likeness (QED) is 0.370. The summed E-state index contributed by atoms with van der Waals surface area (Å²) in [5.74, 6) is -4.35. The average Bonchev–Trinajstić information content (AvgIpc) is 2.23. The molecule has 0 unspecified atom stereocenters. The van der Waals surface area contributed by atoms with E-state index >= 15 is 0 Å². The van der Waals surface area contributed by atoms with Gasteiger partial charge in [0.1, 0.15) is 6.04 Å². The van der Waals surface area contributed by atoms with E-state index in [2.05, 4.69) is 0 Å². The Bertz CT molecular complexity index is 315. The van der Waals surface area contributed by atoms with Gasteiger partial charge in [0.05, 0.1) is 12.8 Å². The first-order chi connectivity index (χ1) is 8.16. The molecule has 0 fully saturated rings. The summed E-state index contributed by atoms with van der Waals surface area (Å²) in [6.45, 7) is 0. The topological polar surface area (TPSA) is 175 Å². The van der Waals surface area contributed by atoms with Gasteiger partial charge >= 0.3 is 46.9 Å². The number of rotatable bonds is 7. The second kappa shape index (κ2) is 13.0. The van der Waals surface area contributed by atoms with Gasteiger partial charge in [-0.25, -0.2) is 0 Å². The molecular formula is C9H17MgNO8. The van der Waals surface area contributed by atoms with Crippen LogP contribution in [0.15, 0.2) is 0 Å². The zero-order chi connectivity index (χ0) is 14.7. The van der Waals surface area contributed by atoms with Crippen molar-refractivity contribution in [2.45, 2.75) is 31.7 Å². The van der Waals surface area contributed by atoms with Crippen LogP contribution in [0.2, 0.25) is 0 Å². The van der Waals surface area contributed by atoms with Crippen LogP contribution < -0.4 is 5.73 Å². The van der Waals surface area contributed by atoms with Crippen molar-refractivity contribution < 1.29 is 42.5 Å². The van der Waals surface area contributed by atoms with Gasteiger partial charge in [0.2, 0.25) is 0 Å². The Morgan fingerprint density at radius 1 is 0.842 bits per heavy atom. The van der Waals surface area contributed by atoms with Crippen LogP contribution in [-0.4, -0.2) is 73.4 Å². The van der Waals surface area contributed by atoms with Crippen LogP contribution in [0, 0.1) is 0 Å². The van der Waals surface area contributed by atoms with E-state index in [4.69, 9.17) is 26.2 Å². The molecule has 0 rings (SSSR count). The molecule has 19 heavy (non-hydrogen) atoms. The molecule has 0 heterocycles. The molecule has 10 heteroatoms. The Hall–Kier alpha value is -1.39. The first-order valence-corrected chi connectivity index (χ1v) is 4.80. The molecule has 0 aromatic rings. The largest absolute Gasteiger partial charge is 2.00 e. The van der Waals surface area contributed by atoms with Gasteiger partial charge in [-0.3, -0.25) is 19.2 Å². The summed E-state index contributed by atoms with van der Waals surface area (Å²) < 4.78 is 0. The van der Waals surface area contributed by atoms with Crippen molar-refractivity contribution in [1.29, 1.82) is 0 Å². The number of hydrogen-bond acceptors (Lipinski definition) is 5. The Morgan fingerprint density at radius 3 is 1.37 bits per heavy atom. The SMILES string of the molecule is N[C@@H](CCC(=O)O)C(=O)O.O=C(O)CCC(=O)O.[H-].[H-].[Mg+2]. The van der Waals surface area contributed by atoms with E-state index in [9.17, 15) is 19.2 Å². The average molecular weight is 292 g/mol. The predicted octanol–water partition coefficient (Wildman–Crippen LogP) is -0.957. The number of hydrogen-bond donors (Lipinski definition) is 5. The molecule has 0 bridgehead atoms. The molecule has 0 aromatic carbocycles. The Morgan fingerprint density at radius 2 is 1.16 bits per heavy atom. The molecule has 0 aliphatic carbocycles. The molecule has 0 aromatic heterocycles. The number of nitrogens with two attached hydrogens (primary N) is 1. The van der Waals surface area contributed by atoms with Crippen molar-refractivity contribution >= 4 is 46.9 Å². The van der Waals surface area contributed by atoms with E-state index in [0.29, 0.717) is 0 Å². The molecule has 0 aliphatic rings. The molecule has 0 saturated heterocycles. The second-order valence-electron chi connectivity index (χ2n) is 3.16. The molecule has 108 valence electrons. The predicted molar refractivity (Wildman–Crippen MR) is 65.0 cm³/mol. The van der Waals surface area contributed by atoms with Crippen molar-refractivity contribution in [3.63, 3.8) is 0 Å². The monoisotopic (exact) mass is 291 g/mol. The van der Waals surface area contributed by atoms with Gasteiger partial charge in [0.25, 0.3) is 0 Å². The summed E-state index contributed by atoms with van der Waals surface area (Å²) in [5, 5.41) is 32.1. The Balaban J connectivity index is -0.0000000724. The third kappa shape index (κ3) is 22.3. The van der Waals surface area contributed by atoms with Gasteiger partial charge < -0.3 is 29.0 Å². The summed E-state index contributed by atoms with van der Waals surface area (Å²) in [6.07, 6.45) is -0.817. The van der Waals surface area contributed by atoms with Crippen LogP contribution in [0.5, 0.6) is 0 Å². The molecule has 1 atom stereocenters. The van der Waals surface area contributed by atoms with Gasteiger partial charge in [-0.15, -0.1) is 0 Å². The van der Waals surface area contributed by atoms with Gasteiger partial charge in [0.15, 0.2) is 0 Å². The molecule has 0 saturated carbocycles. The molecule has 9 nitrogen and oxygen atoms in total. The van der Waals surface area contributed by atoms with Crippen molar-refractivity contribution in [2.24, 2.45) is 5.73 Å². The van der Waals surface area contributed by atoms with Crippen LogP contribution in [0.1, 0.15) is 28.5 Å². The van der Waals surface area contributed by atoms with Crippen LogP contribution in [0.4, 0.5) is 0 Å². The number of aliphatic carboxylic acids is 4. The van der Waals surface area contributed by atoms with E-state index in [1.165, 1.54) is 0 Å². The summed E-state index contributed by atoms with van der Waals surface area (Å²) in [4.78, 5) is 39.2. The zero-order valence-electron chi connectivity index (χ0n) is 12.1. The van der Waals surface area contributed by atoms with E-state index in [1.807, 2.05) is 0 Å². The van der Waals surface area contributed by atoms with Gasteiger partial charge in [-0.1, -0.05) is 0 Å². The minimum Gasteiger partial charge on any atom is -1.00 e. The second-order valence-corrected chi connectivity index (χ2v) is 3.16. The van der Waals surface area contributed by atoms with Gasteiger partial charge in [-0.2, -0.15) is 0 Å². The molecule has 0 radical (unpaired) electrons. The maximum absolute atomic E-state index is 9.99. The normalized spacial score (nSPS) is 10.2. The van der Waals surface area contributed by atoms with Crippen LogP contribution >= 0.6 is 0 Å². The third-order valence-corrected chi connectivity index (χ3v) is 1.54. The van der Waals surface area contributed by atoms with Crippen LogP contribution in [-0.2, 0) is 19.2 Å². The van der Waals surface area contributed by atoms with Gasteiger partial charge in [0, 0.05) is 6.42 Å². The van der Waals surface area contributed by atoms with E-state index in [0.717, 1.165) is 0 Å². The van der Waals surface area contributed by atoms with Gasteiger partial charge in [-0.05, 0) is 6.42 Å². The smallest absolute Gasteiger partial charge is 1.00 e. The molecule has 6 N–H and O–H groups in total. The fraction of sp³-hybridized carbons (Fsp3) is 0.556. The minimum absolute atomic E-state index is 0. The summed E-state index contributed by atoms with van der Waals surface area (Å²) in [7, 11) is 0. The summed E-state index contributed by atoms with van der Waals surface area (Å²) in [6, 6.07) is -1.06. The van der Waals surface area contributed by atoms with Crippen LogP contribution in [0.3, 0.4) is 0 Å². The number of carboxylic acid groups (broad SMARTS) is 4. The molecule has 0 spiro atoms.